The Balaban J connectivity index is 2.44. The third kappa shape index (κ3) is 3.43. The summed E-state index contributed by atoms with van der Waals surface area (Å²) in [4.78, 5) is 11.0. The molecule has 5 heteroatoms. The lowest BCUT2D eigenvalue weighted by Crippen LogP contribution is -1.99. The van der Waals surface area contributed by atoms with Crippen molar-refractivity contribution < 1.29 is 14.6 Å². The van der Waals surface area contributed by atoms with E-state index in [0.717, 1.165) is 18.4 Å². The van der Waals surface area contributed by atoms with Crippen molar-refractivity contribution >= 4 is 11.8 Å². The fourth-order valence-electron chi connectivity index (χ4n) is 0.859. The van der Waals surface area contributed by atoms with Crippen LogP contribution in [0.15, 0.2) is 21.5 Å². The van der Waals surface area contributed by atoms with Gasteiger partial charge in [-0.1, -0.05) is 0 Å². The number of hydrogen-bond acceptors (Lipinski definition) is 5. The lowest BCUT2D eigenvalue weighted by molar-refractivity contribution is 0.296. The molecule has 0 aliphatic rings. The molecule has 0 atom stereocenters. The second-order valence-corrected chi connectivity index (χ2v) is 3.83. The van der Waals surface area contributed by atoms with Crippen molar-refractivity contribution in [2.75, 3.05) is 12.4 Å². The smallest absolute Gasteiger partial charge is 0.226 e. The van der Waals surface area contributed by atoms with Gasteiger partial charge in [0.2, 0.25) is 5.43 Å². The van der Waals surface area contributed by atoms with Gasteiger partial charge in [0, 0.05) is 12.7 Å². The molecule has 1 aromatic rings. The van der Waals surface area contributed by atoms with E-state index < -0.39 is 5.43 Å². The first-order valence-corrected chi connectivity index (χ1v) is 5.39. The van der Waals surface area contributed by atoms with Gasteiger partial charge in [0.1, 0.15) is 12.0 Å². The Morgan fingerprint density at radius 1 is 1.50 bits per heavy atom. The quantitative estimate of drug-likeness (QED) is 0.717. The summed E-state index contributed by atoms with van der Waals surface area (Å²) in [5.41, 5.74) is -0.422. The zero-order valence-electron chi connectivity index (χ0n) is 7.60. The third-order valence-electron chi connectivity index (χ3n) is 1.56. The Kier molecular flexibility index (Phi) is 4.55. The molecule has 0 aliphatic heterocycles. The van der Waals surface area contributed by atoms with Crippen LogP contribution in [0.5, 0.6) is 5.75 Å². The minimum absolute atomic E-state index is 0.173. The van der Waals surface area contributed by atoms with Crippen molar-refractivity contribution in [3.8, 4) is 5.75 Å². The second-order valence-electron chi connectivity index (χ2n) is 2.73. The molecule has 4 nitrogen and oxygen atoms in total. The Morgan fingerprint density at radius 3 is 2.93 bits per heavy atom. The highest BCUT2D eigenvalue weighted by molar-refractivity contribution is 7.98. The van der Waals surface area contributed by atoms with Gasteiger partial charge in [-0.3, -0.25) is 4.79 Å². The molecule has 0 saturated carbocycles. The molecule has 14 heavy (non-hydrogen) atoms. The SMILES string of the molecule is O=c1cc(CSCCCO)occ1O. The number of aromatic hydroxyl groups is 1. The summed E-state index contributed by atoms with van der Waals surface area (Å²) in [6, 6.07) is 1.28. The molecule has 0 radical (unpaired) electrons. The average molecular weight is 216 g/mol. The van der Waals surface area contributed by atoms with E-state index in [2.05, 4.69) is 0 Å². The molecule has 78 valence electrons. The number of aliphatic hydroxyl groups is 1. The molecule has 0 aromatic carbocycles. The van der Waals surface area contributed by atoms with Crippen molar-refractivity contribution in [2.24, 2.45) is 0 Å². The van der Waals surface area contributed by atoms with E-state index in [1.54, 1.807) is 11.8 Å². The summed E-state index contributed by atoms with van der Waals surface area (Å²) in [6.45, 7) is 0.173. The van der Waals surface area contributed by atoms with Crippen LogP contribution in [0.2, 0.25) is 0 Å². The van der Waals surface area contributed by atoms with Crippen LogP contribution in [-0.2, 0) is 5.75 Å². The molecule has 0 spiro atoms. The first kappa shape index (κ1) is 11.1. The highest BCUT2D eigenvalue weighted by Crippen LogP contribution is 2.13. The van der Waals surface area contributed by atoms with Crippen LogP contribution in [0.3, 0.4) is 0 Å². The number of rotatable bonds is 5. The first-order valence-electron chi connectivity index (χ1n) is 4.23. The van der Waals surface area contributed by atoms with E-state index >= 15 is 0 Å². The second kappa shape index (κ2) is 5.72. The molecule has 0 fully saturated rings. The molecule has 0 saturated heterocycles. The Morgan fingerprint density at radius 2 is 2.29 bits per heavy atom. The predicted octanol–water partition coefficient (Wildman–Crippen LogP) is 0.961. The molecule has 0 unspecified atom stereocenters. The molecule has 0 aliphatic carbocycles. The monoisotopic (exact) mass is 216 g/mol. The summed E-state index contributed by atoms with van der Waals surface area (Å²) in [7, 11) is 0. The lowest BCUT2D eigenvalue weighted by atomic mass is 10.4. The largest absolute Gasteiger partial charge is 0.502 e. The van der Waals surface area contributed by atoms with Crippen LogP contribution in [0.1, 0.15) is 12.2 Å². The van der Waals surface area contributed by atoms with Gasteiger partial charge in [0.15, 0.2) is 5.75 Å². The van der Waals surface area contributed by atoms with Crippen LogP contribution in [0.4, 0.5) is 0 Å². The summed E-state index contributed by atoms with van der Waals surface area (Å²) in [5, 5.41) is 17.4. The predicted molar refractivity (Wildman–Crippen MR) is 54.5 cm³/mol. The maximum atomic E-state index is 11.0. The Labute approximate surface area is 85.6 Å². The molecular weight excluding hydrogens is 204 g/mol. The number of thioether (sulfide) groups is 1. The third-order valence-corrected chi connectivity index (χ3v) is 2.62. The van der Waals surface area contributed by atoms with Crippen molar-refractivity contribution in [3.63, 3.8) is 0 Å². The normalized spacial score (nSPS) is 10.4. The highest BCUT2D eigenvalue weighted by Gasteiger charge is 2.01. The van der Waals surface area contributed by atoms with E-state index in [9.17, 15) is 4.79 Å². The molecular formula is C9H12O4S. The summed E-state index contributed by atoms with van der Waals surface area (Å²) in [5.74, 6) is 1.57. The zero-order chi connectivity index (χ0) is 10.4. The van der Waals surface area contributed by atoms with Gasteiger partial charge >= 0.3 is 0 Å². The van der Waals surface area contributed by atoms with Gasteiger partial charge < -0.3 is 14.6 Å². The van der Waals surface area contributed by atoms with E-state index in [-0.39, 0.29) is 12.4 Å². The van der Waals surface area contributed by atoms with Crippen molar-refractivity contribution in [2.45, 2.75) is 12.2 Å². The Bertz CT molecular complexity index is 334. The average Bonchev–Trinajstić information content (AvgIpc) is 2.18. The molecule has 2 N–H and O–H groups in total. The molecule has 0 bridgehead atoms. The van der Waals surface area contributed by atoms with Crippen molar-refractivity contribution in [3.05, 3.63) is 28.3 Å². The van der Waals surface area contributed by atoms with E-state index in [0.29, 0.717) is 11.5 Å². The topological polar surface area (TPSA) is 70.7 Å². The fraction of sp³-hybridized carbons (Fsp3) is 0.444. The van der Waals surface area contributed by atoms with Crippen molar-refractivity contribution in [1.29, 1.82) is 0 Å². The lowest BCUT2D eigenvalue weighted by Gasteiger charge is -1.99. The minimum Gasteiger partial charge on any atom is -0.502 e. The summed E-state index contributed by atoms with van der Waals surface area (Å²) < 4.78 is 4.99. The maximum absolute atomic E-state index is 11.0. The first-order chi connectivity index (χ1) is 6.74. The summed E-state index contributed by atoms with van der Waals surface area (Å²) in [6.07, 6.45) is 1.78. The van der Waals surface area contributed by atoms with Gasteiger partial charge in [0.25, 0.3) is 0 Å². The minimum atomic E-state index is -0.422. The zero-order valence-corrected chi connectivity index (χ0v) is 8.42. The fourth-order valence-corrected chi connectivity index (χ4v) is 1.69. The standard InChI is InChI=1S/C9H12O4S/c10-2-1-3-14-6-7-4-8(11)9(12)5-13-7/h4-5,10,12H,1-3,6H2. The molecule has 0 amide bonds. The van der Waals surface area contributed by atoms with Crippen LogP contribution in [0.25, 0.3) is 0 Å². The van der Waals surface area contributed by atoms with Crippen LogP contribution >= 0.6 is 11.8 Å². The van der Waals surface area contributed by atoms with Gasteiger partial charge in [0.05, 0.1) is 5.75 Å². The number of hydrogen-bond donors (Lipinski definition) is 2. The maximum Gasteiger partial charge on any atom is 0.226 e. The van der Waals surface area contributed by atoms with Gasteiger partial charge in [-0.2, -0.15) is 11.8 Å². The van der Waals surface area contributed by atoms with E-state index in [1.165, 1.54) is 6.07 Å². The van der Waals surface area contributed by atoms with Crippen LogP contribution < -0.4 is 5.43 Å². The van der Waals surface area contributed by atoms with Gasteiger partial charge in [-0.05, 0) is 12.2 Å². The van der Waals surface area contributed by atoms with E-state index in [4.69, 9.17) is 14.6 Å². The highest BCUT2D eigenvalue weighted by atomic mass is 32.2. The van der Waals surface area contributed by atoms with Gasteiger partial charge in [-0.25, -0.2) is 0 Å². The summed E-state index contributed by atoms with van der Waals surface area (Å²) >= 11 is 1.57. The van der Waals surface area contributed by atoms with Crippen LogP contribution in [-0.4, -0.2) is 22.6 Å². The number of aliphatic hydroxyl groups excluding tert-OH is 1. The molecule has 1 rings (SSSR count). The van der Waals surface area contributed by atoms with E-state index in [1.807, 2.05) is 0 Å². The van der Waals surface area contributed by atoms with Crippen LogP contribution in [0, 0.1) is 0 Å². The molecule has 1 aromatic heterocycles. The van der Waals surface area contributed by atoms with Gasteiger partial charge in [-0.15, -0.1) is 0 Å². The molecule has 1 heterocycles. The van der Waals surface area contributed by atoms with Crippen molar-refractivity contribution in [1.82, 2.24) is 0 Å². The Hall–Kier alpha value is -0.940.